The van der Waals surface area contributed by atoms with Crippen molar-refractivity contribution < 1.29 is 13.9 Å². The first-order chi connectivity index (χ1) is 15.7. The summed E-state index contributed by atoms with van der Waals surface area (Å²) in [7, 11) is 0. The van der Waals surface area contributed by atoms with Gasteiger partial charge in [0.05, 0.1) is 18.2 Å². The Hall–Kier alpha value is -2.39. The minimum Gasteiger partial charge on any atom is -0.487 e. The maximum atomic E-state index is 13.3. The molecule has 9 heteroatoms. The molecule has 0 spiro atoms. The van der Waals surface area contributed by atoms with Crippen LogP contribution >= 0.6 is 23.4 Å². The molecule has 0 aliphatic carbocycles. The van der Waals surface area contributed by atoms with Crippen LogP contribution in [0.4, 0.5) is 15.9 Å². The van der Waals surface area contributed by atoms with Crippen molar-refractivity contribution >= 4 is 34.9 Å². The first-order valence-corrected chi connectivity index (χ1v) is 11.7. The number of thioether (sulfide) groups is 1. The summed E-state index contributed by atoms with van der Waals surface area (Å²) in [5, 5.41) is 4.44. The van der Waals surface area contributed by atoms with Gasteiger partial charge in [-0.1, -0.05) is 35.5 Å². The highest BCUT2D eigenvalue weighted by atomic mass is 35.5. The second-order valence-electron chi connectivity index (χ2n) is 7.22. The Morgan fingerprint density at radius 3 is 2.84 bits per heavy atom. The molecule has 32 heavy (non-hydrogen) atoms. The van der Waals surface area contributed by atoms with Crippen LogP contribution in [0.2, 0.25) is 5.02 Å². The quantitative estimate of drug-likeness (QED) is 0.345. The van der Waals surface area contributed by atoms with Gasteiger partial charge in [-0.25, -0.2) is 14.4 Å². The molecule has 2 heterocycles. The SMILES string of the molecule is Fc1cccc(COc2ccc(Nc3ccnc(SCCN4CCOCC4)n3)cc2Cl)c1. The molecule has 1 aromatic heterocycles. The van der Waals surface area contributed by atoms with Gasteiger partial charge in [0.1, 0.15) is 24.0 Å². The molecule has 0 saturated carbocycles. The largest absolute Gasteiger partial charge is 0.487 e. The van der Waals surface area contributed by atoms with Gasteiger partial charge in [-0.2, -0.15) is 0 Å². The van der Waals surface area contributed by atoms with Crippen LogP contribution in [-0.2, 0) is 11.3 Å². The molecule has 168 valence electrons. The van der Waals surface area contributed by atoms with Gasteiger partial charge in [-0.05, 0) is 42.0 Å². The number of rotatable bonds is 9. The van der Waals surface area contributed by atoms with Gasteiger partial charge in [0.25, 0.3) is 0 Å². The third-order valence-corrected chi connectivity index (χ3v) is 6.00. The molecule has 3 aromatic rings. The predicted octanol–water partition coefficient (Wildman–Crippen LogP) is 5.02. The van der Waals surface area contributed by atoms with Crippen molar-refractivity contribution in [3.63, 3.8) is 0 Å². The topological polar surface area (TPSA) is 59.5 Å². The number of benzene rings is 2. The Labute approximate surface area is 196 Å². The van der Waals surface area contributed by atoms with Gasteiger partial charge in [-0.3, -0.25) is 4.90 Å². The molecule has 1 aliphatic rings. The predicted molar refractivity (Wildman–Crippen MR) is 125 cm³/mol. The van der Waals surface area contributed by atoms with Crippen LogP contribution in [0.25, 0.3) is 0 Å². The van der Waals surface area contributed by atoms with Gasteiger partial charge < -0.3 is 14.8 Å². The average Bonchev–Trinajstić information content (AvgIpc) is 2.80. The molecule has 4 rings (SSSR count). The van der Waals surface area contributed by atoms with E-state index in [9.17, 15) is 4.39 Å². The van der Waals surface area contributed by atoms with Crippen molar-refractivity contribution in [1.29, 1.82) is 0 Å². The summed E-state index contributed by atoms with van der Waals surface area (Å²) in [6.07, 6.45) is 1.74. The fraction of sp³-hybridized carbons (Fsp3) is 0.304. The summed E-state index contributed by atoms with van der Waals surface area (Å²) >= 11 is 8.01. The van der Waals surface area contributed by atoms with E-state index in [-0.39, 0.29) is 12.4 Å². The number of anilines is 2. The Balaban J connectivity index is 1.30. The van der Waals surface area contributed by atoms with Gasteiger partial charge in [-0.15, -0.1) is 0 Å². The first kappa shape index (κ1) is 22.8. The van der Waals surface area contributed by atoms with Crippen molar-refractivity contribution in [2.24, 2.45) is 0 Å². The lowest BCUT2D eigenvalue weighted by molar-refractivity contribution is 0.0410. The van der Waals surface area contributed by atoms with Gasteiger partial charge in [0.15, 0.2) is 5.16 Å². The molecular weight excluding hydrogens is 451 g/mol. The number of hydrogen-bond donors (Lipinski definition) is 1. The van der Waals surface area contributed by atoms with E-state index in [0.717, 1.165) is 55.0 Å². The summed E-state index contributed by atoms with van der Waals surface area (Å²) in [5.74, 6) is 1.86. The number of ether oxygens (including phenoxy) is 2. The fourth-order valence-corrected chi connectivity index (χ4v) is 4.27. The van der Waals surface area contributed by atoms with E-state index in [1.807, 2.05) is 12.1 Å². The molecule has 0 radical (unpaired) electrons. The summed E-state index contributed by atoms with van der Waals surface area (Å²) in [6.45, 7) is 4.79. The second-order valence-corrected chi connectivity index (χ2v) is 8.68. The molecule has 0 unspecified atom stereocenters. The summed E-state index contributed by atoms with van der Waals surface area (Å²) in [4.78, 5) is 11.3. The maximum absolute atomic E-state index is 13.3. The monoisotopic (exact) mass is 474 g/mol. The van der Waals surface area contributed by atoms with Crippen LogP contribution in [0.1, 0.15) is 5.56 Å². The number of hydrogen-bond acceptors (Lipinski definition) is 7. The average molecular weight is 475 g/mol. The minimum atomic E-state index is -0.291. The number of aromatic nitrogens is 2. The highest BCUT2D eigenvalue weighted by molar-refractivity contribution is 7.99. The summed E-state index contributed by atoms with van der Waals surface area (Å²) < 4.78 is 24.4. The molecule has 1 N–H and O–H groups in total. The van der Waals surface area contributed by atoms with Crippen LogP contribution in [0, 0.1) is 5.82 Å². The van der Waals surface area contributed by atoms with E-state index in [1.54, 1.807) is 42.2 Å². The van der Waals surface area contributed by atoms with Gasteiger partial charge >= 0.3 is 0 Å². The second kappa shape index (κ2) is 11.5. The van der Waals surface area contributed by atoms with Crippen LogP contribution in [-0.4, -0.2) is 53.5 Å². The molecule has 0 amide bonds. The lowest BCUT2D eigenvalue weighted by atomic mass is 10.2. The summed E-state index contributed by atoms with van der Waals surface area (Å²) in [5.41, 5.74) is 1.53. The van der Waals surface area contributed by atoms with Gasteiger partial charge in [0, 0.05) is 37.3 Å². The van der Waals surface area contributed by atoms with Gasteiger partial charge in [0.2, 0.25) is 0 Å². The van der Waals surface area contributed by atoms with Crippen molar-refractivity contribution in [2.75, 3.05) is 43.9 Å². The van der Waals surface area contributed by atoms with E-state index in [1.165, 1.54) is 12.1 Å². The Bertz CT molecular complexity index is 1040. The van der Waals surface area contributed by atoms with Crippen LogP contribution < -0.4 is 10.1 Å². The van der Waals surface area contributed by atoms with E-state index in [2.05, 4.69) is 20.2 Å². The van der Waals surface area contributed by atoms with E-state index >= 15 is 0 Å². The van der Waals surface area contributed by atoms with Crippen LogP contribution in [0.5, 0.6) is 5.75 Å². The van der Waals surface area contributed by atoms with E-state index in [4.69, 9.17) is 21.1 Å². The maximum Gasteiger partial charge on any atom is 0.189 e. The lowest BCUT2D eigenvalue weighted by Gasteiger charge is -2.26. The van der Waals surface area contributed by atoms with Crippen molar-refractivity contribution in [3.05, 3.63) is 71.1 Å². The molecule has 6 nitrogen and oxygen atoms in total. The zero-order valence-corrected chi connectivity index (χ0v) is 19.0. The highest BCUT2D eigenvalue weighted by Crippen LogP contribution is 2.30. The zero-order valence-electron chi connectivity index (χ0n) is 17.5. The zero-order chi connectivity index (χ0) is 22.2. The first-order valence-electron chi connectivity index (χ1n) is 10.4. The standard InChI is InChI=1S/C23H24ClFN4O2S/c24-20-15-19(4-5-21(20)31-16-17-2-1-3-18(25)14-17)27-22-6-7-26-23(28-22)32-13-10-29-8-11-30-12-9-29/h1-7,14-15H,8-13,16H2,(H,26,27,28). The molecule has 0 bridgehead atoms. The third kappa shape index (κ3) is 6.80. The van der Waals surface area contributed by atoms with Crippen molar-refractivity contribution in [1.82, 2.24) is 14.9 Å². The number of halogens is 2. The van der Waals surface area contributed by atoms with Crippen LogP contribution in [0.15, 0.2) is 59.9 Å². The fourth-order valence-electron chi connectivity index (χ4n) is 3.20. The molecule has 2 aromatic carbocycles. The van der Waals surface area contributed by atoms with Crippen LogP contribution in [0.3, 0.4) is 0 Å². The van der Waals surface area contributed by atoms with E-state index in [0.29, 0.717) is 16.6 Å². The smallest absolute Gasteiger partial charge is 0.189 e. The number of nitrogens with zero attached hydrogens (tertiary/aromatic N) is 3. The molecular formula is C23H24ClFN4O2S. The Kier molecular flexibility index (Phi) is 8.17. The molecule has 1 saturated heterocycles. The number of morpholine rings is 1. The normalized spacial score (nSPS) is 14.3. The van der Waals surface area contributed by atoms with E-state index < -0.39 is 0 Å². The Morgan fingerprint density at radius 1 is 1.16 bits per heavy atom. The minimum absolute atomic E-state index is 0.237. The molecule has 0 atom stereocenters. The third-order valence-electron chi connectivity index (χ3n) is 4.86. The summed E-state index contributed by atoms with van der Waals surface area (Å²) in [6, 6.07) is 13.5. The molecule has 1 fully saturated rings. The highest BCUT2D eigenvalue weighted by Gasteiger charge is 2.11. The molecule has 1 aliphatic heterocycles. The number of nitrogens with one attached hydrogen (secondary N) is 1. The van der Waals surface area contributed by atoms with Crippen molar-refractivity contribution in [2.45, 2.75) is 11.8 Å². The lowest BCUT2D eigenvalue weighted by Crippen LogP contribution is -2.37. The van der Waals surface area contributed by atoms with Crippen molar-refractivity contribution in [3.8, 4) is 5.75 Å². The Morgan fingerprint density at radius 2 is 2.03 bits per heavy atom.